The zero-order valence-electron chi connectivity index (χ0n) is 22.1. The third kappa shape index (κ3) is 8.36. The fourth-order valence-electron chi connectivity index (χ4n) is 3.56. The van der Waals surface area contributed by atoms with Gasteiger partial charge in [-0.2, -0.15) is 0 Å². The van der Waals surface area contributed by atoms with Crippen LogP contribution < -0.4 is 29.3 Å². The van der Waals surface area contributed by atoms with E-state index in [2.05, 4.69) is 135 Å². The SMILES string of the molecule is CC(C)(C)[Se]c1ccccc1P(c1ccccc1[Se]C(C)(C)C)c1ccccc1[Se]C(C)(C)C. The fourth-order valence-corrected chi connectivity index (χ4v) is 14.5. The van der Waals surface area contributed by atoms with E-state index in [1.54, 1.807) is 29.3 Å². The molecule has 3 aromatic carbocycles. The molecular formula is C30H39PSe3. The summed E-state index contributed by atoms with van der Waals surface area (Å²) in [6, 6.07) is 28.1. The van der Waals surface area contributed by atoms with Crippen LogP contribution in [0.15, 0.2) is 72.8 Å². The zero-order valence-corrected chi connectivity index (χ0v) is 28.1. The van der Waals surface area contributed by atoms with Gasteiger partial charge in [0.2, 0.25) is 0 Å². The van der Waals surface area contributed by atoms with Gasteiger partial charge in [-0.3, -0.25) is 0 Å². The van der Waals surface area contributed by atoms with Gasteiger partial charge in [0.1, 0.15) is 0 Å². The molecule has 0 N–H and O–H groups in total. The second kappa shape index (κ2) is 11.4. The zero-order chi connectivity index (χ0) is 25.1. The molecule has 0 amide bonds. The second-order valence-electron chi connectivity index (χ2n) is 11.4. The summed E-state index contributed by atoms with van der Waals surface area (Å²) in [7, 11) is -0.620. The van der Waals surface area contributed by atoms with E-state index in [0.717, 1.165) is 0 Å². The van der Waals surface area contributed by atoms with Crippen LogP contribution in [-0.2, 0) is 0 Å². The molecule has 0 saturated carbocycles. The van der Waals surface area contributed by atoms with Gasteiger partial charge in [0, 0.05) is 0 Å². The van der Waals surface area contributed by atoms with E-state index in [-0.39, 0.29) is 0 Å². The third-order valence-corrected chi connectivity index (χ3v) is 15.7. The molecule has 0 unspecified atom stereocenters. The Morgan fingerprint density at radius 1 is 0.412 bits per heavy atom. The van der Waals surface area contributed by atoms with Crippen LogP contribution in [0.1, 0.15) is 62.3 Å². The van der Waals surface area contributed by atoms with Crippen molar-refractivity contribution in [2.24, 2.45) is 0 Å². The molecule has 0 atom stereocenters. The first kappa shape index (κ1) is 28.2. The Kier molecular flexibility index (Phi) is 9.43. The van der Waals surface area contributed by atoms with Crippen molar-refractivity contribution in [3.8, 4) is 0 Å². The molecule has 0 heterocycles. The Labute approximate surface area is 228 Å². The van der Waals surface area contributed by atoms with E-state index in [9.17, 15) is 0 Å². The molecule has 34 heavy (non-hydrogen) atoms. The van der Waals surface area contributed by atoms with Crippen LogP contribution in [0.4, 0.5) is 0 Å². The van der Waals surface area contributed by atoms with Crippen LogP contribution in [0.25, 0.3) is 0 Å². The molecule has 0 aromatic heterocycles. The molecule has 0 aliphatic rings. The fraction of sp³-hybridized carbons (Fsp3) is 0.400. The van der Waals surface area contributed by atoms with Gasteiger partial charge in [0.15, 0.2) is 0 Å². The van der Waals surface area contributed by atoms with Gasteiger partial charge in [-0.15, -0.1) is 0 Å². The molecule has 3 aromatic rings. The molecular weight excluding hydrogens is 628 g/mol. The summed E-state index contributed by atoms with van der Waals surface area (Å²) < 4.78 is 5.66. The van der Waals surface area contributed by atoms with Gasteiger partial charge in [0.05, 0.1) is 0 Å². The molecule has 0 bridgehead atoms. The first-order valence-corrected chi connectivity index (χ1v) is 18.4. The Hall–Kier alpha value is -0.352. The maximum atomic E-state index is 2.44. The quantitative estimate of drug-likeness (QED) is 0.254. The van der Waals surface area contributed by atoms with E-state index in [1.165, 1.54) is 0 Å². The molecule has 0 nitrogen and oxygen atoms in total. The average Bonchev–Trinajstić information content (AvgIpc) is 2.68. The van der Waals surface area contributed by atoms with Crippen molar-refractivity contribution in [2.45, 2.75) is 75.3 Å². The summed E-state index contributed by atoms with van der Waals surface area (Å²) in [5, 5.41) is 4.71. The molecule has 0 aliphatic carbocycles. The summed E-state index contributed by atoms with van der Waals surface area (Å²) in [6.45, 7) is 21.5. The van der Waals surface area contributed by atoms with Crippen LogP contribution in [-0.4, -0.2) is 44.9 Å². The van der Waals surface area contributed by atoms with Crippen molar-refractivity contribution in [1.29, 1.82) is 0 Å². The van der Waals surface area contributed by atoms with Crippen LogP contribution in [0.3, 0.4) is 0 Å². The topological polar surface area (TPSA) is 0 Å². The van der Waals surface area contributed by atoms with Crippen LogP contribution in [0, 0.1) is 0 Å². The number of hydrogen-bond acceptors (Lipinski definition) is 0. The van der Waals surface area contributed by atoms with Crippen LogP contribution in [0.2, 0.25) is 12.9 Å². The first-order chi connectivity index (χ1) is 15.7. The Bertz CT molecular complexity index is 959. The second-order valence-corrected chi connectivity index (χ2v) is 25.3. The molecule has 0 fully saturated rings. The van der Waals surface area contributed by atoms with Crippen LogP contribution in [0.5, 0.6) is 0 Å². The summed E-state index contributed by atoms with van der Waals surface area (Å²) >= 11 is 1.25. The van der Waals surface area contributed by atoms with Crippen molar-refractivity contribution in [3.63, 3.8) is 0 Å². The number of benzene rings is 3. The molecule has 3 rings (SSSR count). The normalized spacial score (nSPS) is 12.9. The third-order valence-electron chi connectivity index (χ3n) is 4.57. The van der Waals surface area contributed by atoms with E-state index in [1.807, 2.05) is 0 Å². The number of hydrogen-bond donors (Lipinski definition) is 0. The summed E-state index contributed by atoms with van der Waals surface area (Å²) in [5.74, 6) is 0. The standard InChI is InChI=1S/C30H39PSe3/c1-28(2,3)32-25-19-13-10-16-22(25)31(23-17-11-14-20-26(23)33-29(4,5)6)24-18-12-15-21-27(24)34-30(7,8)9/h10-21H,1-9H3. The van der Waals surface area contributed by atoms with Crippen molar-refractivity contribution in [3.05, 3.63) is 72.8 Å². The molecule has 0 spiro atoms. The first-order valence-electron chi connectivity index (χ1n) is 11.9. The maximum absolute atomic E-state index is 2.44. The summed E-state index contributed by atoms with van der Waals surface area (Å²) in [6.07, 6.45) is 0. The van der Waals surface area contributed by atoms with Crippen molar-refractivity contribution in [1.82, 2.24) is 0 Å². The molecule has 0 aliphatic heterocycles. The van der Waals surface area contributed by atoms with E-state index in [4.69, 9.17) is 0 Å². The van der Waals surface area contributed by atoms with Gasteiger partial charge >= 0.3 is 230 Å². The Morgan fingerprint density at radius 3 is 0.882 bits per heavy atom. The molecule has 4 heteroatoms. The molecule has 182 valence electrons. The average molecular weight is 667 g/mol. The van der Waals surface area contributed by atoms with Crippen molar-refractivity contribution in [2.75, 3.05) is 0 Å². The van der Waals surface area contributed by atoms with Crippen molar-refractivity contribution >= 4 is 82.1 Å². The van der Waals surface area contributed by atoms with Gasteiger partial charge in [-0.05, 0) is 0 Å². The van der Waals surface area contributed by atoms with E-state index >= 15 is 0 Å². The number of rotatable bonds is 6. The Balaban J connectivity index is 2.30. The van der Waals surface area contributed by atoms with Gasteiger partial charge in [0.25, 0.3) is 0 Å². The minimum absolute atomic E-state index is 0.313. The molecule has 0 saturated heterocycles. The van der Waals surface area contributed by atoms with E-state index < -0.39 is 7.92 Å². The Morgan fingerprint density at radius 2 is 0.647 bits per heavy atom. The van der Waals surface area contributed by atoms with Crippen LogP contribution >= 0.6 is 7.92 Å². The predicted octanol–water partition coefficient (Wildman–Crippen LogP) is 5.09. The summed E-state index contributed by atoms with van der Waals surface area (Å²) in [5.41, 5.74) is 0. The van der Waals surface area contributed by atoms with Gasteiger partial charge in [-0.1, -0.05) is 0 Å². The van der Waals surface area contributed by atoms with E-state index in [0.29, 0.717) is 57.8 Å². The van der Waals surface area contributed by atoms with Crippen molar-refractivity contribution < 1.29 is 0 Å². The summed E-state index contributed by atoms with van der Waals surface area (Å²) in [4.78, 5) is 0. The minimum atomic E-state index is -0.620. The predicted molar refractivity (Wildman–Crippen MR) is 160 cm³/mol. The van der Waals surface area contributed by atoms with Gasteiger partial charge < -0.3 is 0 Å². The van der Waals surface area contributed by atoms with Gasteiger partial charge in [-0.25, -0.2) is 0 Å². The monoisotopic (exact) mass is 670 g/mol. The molecule has 0 radical (unpaired) electrons.